The van der Waals surface area contributed by atoms with Gasteiger partial charge in [-0.15, -0.1) is 0 Å². The summed E-state index contributed by atoms with van der Waals surface area (Å²) < 4.78 is 37.1. The first-order valence-corrected chi connectivity index (χ1v) is 14.7. The highest BCUT2D eigenvalue weighted by molar-refractivity contribution is 6.32. The first-order valence-electron chi connectivity index (χ1n) is 14.3. The van der Waals surface area contributed by atoms with Gasteiger partial charge in [-0.2, -0.15) is 9.97 Å². The zero-order valence-corrected chi connectivity index (χ0v) is 22.8. The second-order valence-electron chi connectivity index (χ2n) is 12.2. The third-order valence-electron chi connectivity index (χ3n) is 9.56. The Bertz CT molecular complexity index is 1520. The Morgan fingerprint density at radius 3 is 2.88 bits per heavy atom. The van der Waals surface area contributed by atoms with Gasteiger partial charge in [0.2, 0.25) is 0 Å². The van der Waals surface area contributed by atoms with Crippen LogP contribution in [0.2, 0.25) is 5.02 Å². The Balaban J connectivity index is 1.24. The van der Waals surface area contributed by atoms with Gasteiger partial charge in [0.15, 0.2) is 5.82 Å². The monoisotopic (exact) mass is 568 g/mol. The molecule has 2 bridgehead atoms. The minimum atomic E-state index is -0.870. The summed E-state index contributed by atoms with van der Waals surface area (Å²) in [7, 11) is 0. The minimum Gasteiger partial charge on any atom is -0.508 e. The molecule has 2 aromatic heterocycles. The maximum Gasteiger partial charge on any atom is 0.319 e. The highest BCUT2D eigenvalue weighted by Gasteiger charge is 2.49. The van der Waals surface area contributed by atoms with Crippen molar-refractivity contribution in [2.45, 2.75) is 68.2 Å². The number of hydrogen-bond donors (Lipinski definition) is 2. The molecule has 5 aliphatic rings. The molecule has 40 heavy (non-hydrogen) atoms. The number of benzene rings is 1. The number of nitrogens with zero attached hydrogens (tertiary/aromatic N) is 5. The zero-order chi connectivity index (χ0) is 27.2. The number of pyridine rings is 1. The number of rotatable bonds is 6. The largest absolute Gasteiger partial charge is 0.508 e. The number of phenols is 1. The van der Waals surface area contributed by atoms with E-state index in [2.05, 4.69) is 25.1 Å². The van der Waals surface area contributed by atoms with Crippen molar-refractivity contribution in [2.24, 2.45) is 0 Å². The lowest BCUT2D eigenvalue weighted by molar-refractivity contribution is 0.107. The number of alkyl halides is 1. The summed E-state index contributed by atoms with van der Waals surface area (Å²) in [6.45, 7) is 3.14. The number of anilines is 1. The fourth-order valence-corrected chi connectivity index (χ4v) is 7.92. The molecule has 6 heterocycles. The summed E-state index contributed by atoms with van der Waals surface area (Å²) >= 11 is 6.52. The number of aromatic hydroxyl groups is 1. The molecule has 11 heteroatoms. The van der Waals surface area contributed by atoms with Crippen LogP contribution in [0.3, 0.4) is 0 Å². The molecule has 1 saturated carbocycles. The Hall–Kier alpha value is -2.82. The fraction of sp³-hybridized carbons (Fsp3) is 0.552. The summed E-state index contributed by atoms with van der Waals surface area (Å²) in [6.07, 6.45) is 5.97. The summed E-state index contributed by atoms with van der Waals surface area (Å²) in [5.74, 6) is 0.190. The number of aromatic nitrogens is 3. The van der Waals surface area contributed by atoms with E-state index in [0.717, 1.165) is 57.3 Å². The van der Waals surface area contributed by atoms with Gasteiger partial charge in [-0.25, -0.2) is 8.78 Å². The number of piperazine rings is 1. The third-order valence-corrected chi connectivity index (χ3v) is 9.87. The van der Waals surface area contributed by atoms with Gasteiger partial charge in [0, 0.05) is 54.9 Å². The van der Waals surface area contributed by atoms with Gasteiger partial charge in [0.25, 0.3) is 0 Å². The van der Waals surface area contributed by atoms with E-state index in [9.17, 15) is 9.50 Å². The molecule has 0 amide bonds. The van der Waals surface area contributed by atoms with Gasteiger partial charge in [-0.1, -0.05) is 11.6 Å². The molecule has 4 saturated heterocycles. The molecule has 210 valence electrons. The van der Waals surface area contributed by atoms with Gasteiger partial charge >= 0.3 is 6.01 Å². The Morgan fingerprint density at radius 1 is 1.23 bits per heavy atom. The van der Waals surface area contributed by atoms with Crippen LogP contribution < -0.4 is 15.0 Å². The molecule has 2 N–H and O–H groups in total. The van der Waals surface area contributed by atoms with Gasteiger partial charge in [-0.05, 0) is 62.3 Å². The van der Waals surface area contributed by atoms with Crippen LogP contribution >= 0.6 is 11.6 Å². The van der Waals surface area contributed by atoms with Gasteiger partial charge < -0.3 is 20.1 Å². The lowest BCUT2D eigenvalue weighted by atomic mass is 9.95. The molecule has 5 fully saturated rings. The third kappa shape index (κ3) is 3.94. The molecule has 0 radical (unpaired) electrons. The Labute approximate surface area is 235 Å². The van der Waals surface area contributed by atoms with E-state index in [1.807, 2.05) is 0 Å². The molecular formula is C29H31ClF2N6O2. The number of hydrogen-bond acceptors (Lipinski definition) is 8. The van der Waals surface area contributed by atoms with Crippen molar-refractivity contribution in [3.8, 4) is 23.0 Å². The van der Waals surface area contributed by atoms with Crippen molar-refractivity contribution < 1.29 is 18.6 Å². The predicted octanol–water partition coefficient (Wildman–Crippen LogP) is 4.57. The van der Waals surface area contributed by atoms with E-state index >= 15 is 4.39 Å². The molecule has 8 nitrogen and oxygen atoms in total. The lowest BCUT2D eigenvalue weighted by Crippen LogP contribution is -2.44. The van der Waals surface area contributed by atoms with Crippen LogP contribution in [0.25, 0.3) is 22.2 Å². The Kier molecular flexibility index (Phi) is 5.67. The van der Waals surface area contributed by atoms with E-state index in [-0.39, 0.29) is 47.1 Å². The van der Waals surface area contributed by atoms with Crippen molar-refractivity contribution >= 4 is 28.3 Å². The van der Waals surface area contributed by atoms with Crippen LogP contribution in [-0.2, 0) is 0 Å². The molecule has 1 aliphatic carbocycles. The quantitative estimate of drug-likeness (QED) is 0.447. The minimum absolute atomic E-state index is 0.0400. The van der Waals surface area contributed by atoms with Crippen molar-refractivity contribution in [1.29, 1.82) is 0 Å². The van der Waals surface area contributed by atoms with Crippen LogP contribution in [0.5, 0.6) is 11.8 Å². The van der Waals surface area contributed by atoms with E-state index in [1.165, 1.54) is 12.1 Å². The second kappa shape index (κ2) is 9.09. The molecule has 3 aromatic rings. The normalized spacial score (nSPS) is 29.6. The summed E-state index contributed by atoms with van der Waals surface area (Å²) in [6, 6.07) is 3.72. The standard InChI is InChI=1S/C29H31ClF2N6O2/c30-22-8-19(39)7-20(23(22)15-2-3-15)25-24(32)26-21(11-34-25)27(38-13-17-6-18(38)10-33-17)36-28(35-26)40-14-29-4-1-5-37(29)12-16(31)9-29/h7-8,11,15-18,33,39H,1-6,9-10,12-14H2/t16-,17-,18-,29+/m1/s1. The average molecular weight is 569 g/mol. The fourth-order valence-electron chi connectivity index (χ4n) is 7.55. The van der Waals surface area contributed by atoms with Crippen molar-refractivity contribution in [3.63, 3.8) is 0 Å². The Morgan fingerprint density at radius 2 is 2.10 bits per heavy atom. The molecule has 8 rings (SSSR count). The van der Waals surface area contributed by atoms with Crippen LogP contribution in [0, 0.1) is 5.82 Å². The highest BCUT2D eigenvalue weighted by Crippen LogP contribution is 2.49. The molecule has 4 atom stereocenters. The molecule has 0 unspecified atom stereocenters. The van der Waals surface area contributed by atoms with Crippen LogP contribution in [0.15, 0.2) is 18.3 Å². The van der Waals surface area contributed by atoms with E-state index in [4.69, 9.17) is 21.3 Å². The smallest absolute Gasteiger partial charge is 0.319 e. The molecular weight excluding hydrogens is 538 g/mol. The van der Waals surface area contributed by atoms with Crippen LogP contribution in [0.4, 0.5) is 14.6 Å². The maximum atomic E-state index is 16.5. The second-order valence-corrected chi connectivity index (χ2v) is 12.6. The number of phenolic OH excluding ortho intramolecular Hbond substituents is 1. The SMILES string of the molecule is Oc1cc(Cl)c(C2CC2)c(-c2ncc3c(N4C[C@H]5C[C@@H]4CN5)nc(OC[C@@]45CCCN4C[C@H](F)C5)nc3c2F)c1. The zero-order valence-electron chi connectivity index (χ0n) is 22.0. The van der Waals surface area contributed by atoms with Gasteiger partial charge in [0.1, 0.15) is 35.6 Å². The topological polar surface area (TPSA) is 86.6 Å². The number of ether oxygens (including phenoxy) is 1. The van der Waals surface area contributed by atoms with E-state index < -0.39 is 12.0 Å². The van der Waals surface area contributed by atoms with Crippen molar-refractivity contribution in [3.05, 3.63) is 34.7 Å². The van der Waals surface area contributed by atoms with Gasteiger partial charge in [-0.3, -0.25) is 9.88 Å². The summed E-state index contributed by atoms with van der Waals surface area (Å²) in [5.41, 5.74) is 1.15. The first-order chi connectivity index (χ1) is 19.4. The number of halogens is 3. The number of nitrogens with one attached hydrogen (secondary N) is 1. The number of fused-ring (bicyclic) bond motifs is 4. The molecule has 0 spiro atoms. The first kappa shape index (κ1) is 24.9. The average Bonchev–Trinajstić information content (AvgIpc) is 3.21. The van der Waals surface area contributed by atoms with E-state index in [1.54, 1.807) is 6.20 Å². The molecule has 1 aromatic carbocycles. The van der Waals surface area contributed by atoms with Crippen molar-refractivity contribution in [2.75, 3.05) is 37.7 Å². The lowest BCUT2D eigenvalue weighted by Gasteiger charge is -2.32. The summed E-state index contributed by atoms with van der Waals surface area (Å²) in [5, 5.41) is 14.8. The summed E-state index contributed by atoms with van der Waals surface area (Å²) in [4.78, 5) is 18.3. The predicted molar refractivity (Wildman–Crippen MR) is 147 cm³/mol. The molecule has 4 aliphatic heterocycles. The van der Waals surface area contributed by atoms with Crippen molar-refractivity contribution in [1.82, 2.24) is 25.2 Å². The van der Waals surface area contributed by atoms with E-state index in [0.29, 0.717) is 40.8 Å². The van der Waals surface area contributed by atoms with Crippen LogP contribution in [0.1, 0.15) is 50.0 Å². The van der Waals surface area contributed by atoms with Gasteiger partial charge in [0.05, 0.1) is 10.9 Å². The highest BCUT2D eigenvalue weighted by atomic mass is 35.5. The van der Waals surface area contributed by atoms with Crippen LogP contribution in [-0.4, -0.2) is 81.5 Å². The maximum absolute atomic E-state index is 16.5.